The van der Waals surface area contributed by atoms with Crippen LogP contribution in [0.4, 0.5) is 0 Å². The van der Waals surface area contributed by atoms with Crippen molar-refractivity contribution in [3.8, 4) is 23.0 Å². The molecule has 6 aromatic rings. The fraction of sp³-hybridized carbons (Fsp3) is 0.364. The maximum absolute atomic E-state index is 6.80. The van der Waals surface area contributed by atoms with Gasteiger partial charge in [-0.25, -0.2) is 9.67 Å². The lowest BCUT2D eigenvalue weighted by atomic mass is 9.75. The highest BCUT2D eigenvalue weighted by atomic mass is 16.5. The molecule has 0 saturated carbocycles. The highest BCUT2D eigenvalue weighted by molar-refractivity contribution is 6.09. The maximum Gasteiger partial charge on any atom is 0.137 e. The van der Waals surface area contributed by atoms with Gasteiger partial charge in [0.15, 0.2) is 0 Å². The summed E-state index contributed by atoms with van der Waals surface area (Å²) in [5, 5.41) is 7.67. The summed E-state index contributed by atoms with van der Waals surface area (Å²) >= 11 is 0. The number of hydrogen-bond acceptors (Lipinski definition) is 3. The van der Waals surface area contributed by atoms with E-state index in [2.05, 4.69) is 137 Å². The number of pyridine rings is 1. The fourth-order valence-electron chi connectivity index (χ4n) is 7.94. The van der Waals surface area contributed by atoms with Crippen molar-refractivity contribution >= 4 is 21.8 Å². The van der Waals surface area contributed by atoms with Gasteiger partial charge < -0.3 is 4.74 Å². The number of ether oxygens (including phenoxy) is 1. The third-order valence-corrected chi connectivity index (χ3v) is 10.6. The minimum atomic E-state index is 0.336. The number of nitrogens with zero attached hydrogens (tertiary/aromatic N) is 4. The van der Waals surface area contributed by atoms with Crippen LogP contribution in [0.15, 0.2) is 90.6 Å². The summed E-state index contributed by atoms with van der Waals surface area (Å²) in [5.74, 6) is 3.91. The number of fused-ring (bicyclic) bond motifs is 3. The summed E-state index contributed by atoms with van der Waals surface area (Å²) in [4.78, 5) is 4.81. The minimum absolute atomic E-state index is 0.336. The molecule has 1 unspecified atom stereocenters. The standard InChI is InChI=1S/C44H50N4O/c1-8-10-17-40-44(43-29(5)14-13-15-30(43)6)31(7)46-48(40)34-24-33(28(3)4)25-36(26-34)49-35-19-20-38-37-16-11-12-18-39(37)47(41(38)27-35)42-23-32(9-2)21-22-45-42/h11-12,14,16,18-28,30,43H,8-10,13,15,17H2,1-7H3/t30-,43?/m0/s1. The quantitative estimate of drug-likeness (QED) is 0.139. The van der Waals surface area contributed by atoms with Crippen LogP contribution in [0.5, 0.6) is 11.5 Å². The molecule has 0 fully saturated rings. The Morgan fingerprint density at radius 1 is 0.898 bits per heavy atom. The van der Waals surface area contributed by atoms with Gasteiger partial charge in [0.2, 0.25) is 0 Å². The van der Waals surface area contributed by atoms with Crippen LogP contribution in [0, 0.1) is 12.8 Å². The predicted octanol–water partition coefficient (Wildman–Crippen LogP) is 12.0. The number of rotatable bonds is 10. The van der Waals surface area contributed by atoms with Gasteiger partial charge in [0, 0.05) is 46.3 Å². The molecule has 1 aliphatic rings. The number of aryl methyl sites for hydroxylation is 2. The molecule has 5 nitrogen and oxygen atoms in total. The van der Waals surface area contributed by atoms with Crippen molar-refractivity contribution in [1.29, 1.82) is 0 Å². The molecule has 252 valence electrons. The van der Waals surface area contributed by atoms with Gasteiger partial charge in [-0.1, -0.05) is 70.9 Å². The second kappa shape index (κ2) is 13.7. The second-order valence-corrected chi connectivity index (χ2v) is 14.4. The monoisotopic (exact) mass is 650 g/mol. The molecule has 5 heteroatoms. The van der Waals surface area contributed by atoms with Gasteiger partial charge in [-0.3, -0.25) is 4.57 Å². The van der Waals surface area contributed by atoms with Crippen LogP contribution in [0.3, 0.4) is 0 Å². The number of allylic oxidation sites excluding steroid dienone is 2. The van der Waals surface area contributed by atoms with Crippen LogP contribution in [0.2, 0.25) is 0 Å². The van der Waals surface area contributed by atoms with Crippen LogP contribution in [0.1, 0.15) is 107 Å². The topological polar surface area (TPSA) is 44.9 Å². The molecule has 0 spiro atoms. The van der Waals surface area contributed by atoms with E-state index in [1.54, 1.807) is 0 Å². The van der Waals surface area contributed by atoms with Gasteiger partial charge in [-0.2, -0.15) is 5.10 Å². The fourth-order valence-corrected chi connectivity index (χ4v) is 7.94. The smallest absolute Gasteiger partial charge is 0.137 e. The zero-order valence-electron chi connectivity index (χ0n) is 30.3. The predicted molar refractivity (Wildman–Crippen MR) is 204 cm³/mol. The van der Waals surface area contributed by atoms with Gasteiger partial charge in [-0.15, -0.1) is 0 Å². The lowest BCUT2D eigenvalue weighted by Crippen LogP contribution is -2.17. The van der Waals surface area contributed by atoms with E-state index in [4.69, 9.17) is 14.8 Å². The van der Waals surface area contributed by atoms with E-state index in [0.29, 0.717) is 17.8 Å². The molecule has 0 N–H and O–H groups in total. The van der Waals surface area contributed by atoms with E-state index >= 15 is 0 Å². The third-order valence-electron chi connectivity index (χ3n) is 10.6. The van der Waals surface area contributed by atoms with Crippen LogP contribution in [-0.2, 0) is 12.8 Å². The van der Waals surface area contributed by atoms with E-state index in [1.165, 1.54) is 51.6 Å². The summed E-state index contributed by atoms with van der Waals surface area (Å²) in [6.07, 6.45) is 11.0. The first-order valence-corrected chi connectivity index (χ1v) is 18.3. The van der Waals surface area contributed by atoms with Gasteiger partial charge in [0.1, 0.15) is 17.3 Å². The largest absolute Gasteiger partial charge is 0.457 e. The number of para-hydroxylation sites is 1. The van der Waals surface area contributed by atoms with Crippen molar-refractivity contribution in [2.75, 3.05) is 0 Å². The molecule has 3 aromatic heterocycles. The van der Waals surface area contributed by atoms with E-state index in [1.807, 2.05) is 6.20 Å². The molecule has 0 aliphatic heterocycles. The Morgan fingerprint density at radius 3 is 2.49 bits per heavy atom. The number of benzene rings is 3. The van der Waals surface area contributed by atoms with Crippen molar-refractivity contribution in [3.05, 3.63) is 119 Å². The van der Waals surface area contributed by atoms with E-state index in [0.717, 1.165) is 65.4 Å². The van der Waals surface area contributed by atoms with Crippen molar-refractivity contribution < 1.29 is 4.74 Å². The molecule has 1 aliphatic carbocycles. The van der Waals surface area contributed by atoms with Crippen molar-refractivity contribution in [2.24, 2.45) is 5.92 Å². The van der Waals surface area contributed by atoms with Crippen LogP contribution >= 0.6 is 0 Å². The molecule has 0 bridgehead atoms. The average Bonchev–Trinajstić information content (AvgIpc) is 3.60. The molecular weight excluding hydrogens is 601 g/mol. The van der Waals surface area contributed by atoms with Crippen molar-refractivity contribution in [2.45, 2.75) is 98.8 Å². The first-order chi connectivity index (χ1) is 23.8. The van der Waals surface area contributed by atoms with E-state index in [9.17, 15) is 0 Å². The molecule has 49 heavy (non-hydrogen) atoms. The molecule has 0 radical (unpaired) electrons. The average molecular weight is 651 g/mol. The Balaban J connectivity index is 1.34. The maximum atomic E-state index is 6.80. The van der Waals surface area contributed by atoms with Crippen molar-refractivity contribution in [3.63, 3.8) is 0 Å². The van der Waals surface area contributed by atoms with Gasteiger partial charge >= 0.3 is 0 Å². The Labute approximate surface area is 291 Å². The molecular formula is C44H50N4O. The highest BCUT2D eigenvalue weighted by Crippen LogP contribution is 2.43. The lowest BCUT2D eigenvalue weighted by Gasteiger charge is -2.30. The Hall–Kier alpha value is -4.64. The zero-order valence-corrected chi connectivity index (χ0v) is 30.3. The summed E-state index contributed by atoms with van der Waals surface area (Å²) in [6.45, 7) is 15.9. The normalized spacial score (nSPS) is 16.5. The SMILES string of the molecule is CCCCc1c(C2C(C)=CCC[C@@H]2C)c(C)nn1-c1cc(Oc2ccc3c4ccccc4n(-c4cc(CC)ccn4)c3c2)cc(C(C)C)c1. The van der Waals surface area contributed by atoms with E-state index in [-0.39, 0.29) is 0 Å². The Morgan fingerprint density at radius 2 is 1.71 bits per heavy atom. The summed E-state index contributed by atoms with van der Waals surface area (Å²) in [7, 11) is 0. The first-order valence-electron chi connectivity index (χ1n) is 18.3. The zero-order chi connectivity index (χ0) is 34.2. The molecule has 7 rings (SSSR count). The van der Waals surface area contributed by atoms with Crippen LogP contribution in [0.25, 0.3) is 33.3 Å². The third kappa shape index (κ3) is 6.20. The molecule has 0 amide bonds. The number of unbranched alkanes of at least 4 members (excludes halogenated alkanes) is 1. The summed E-state index contributed by atoms with van der Waals surface area (Å²) in [6, 6.07) is 26.0. The molecule has 3 heterocycles. The minimum Gasteiger partial charge on any atom is -0.457 e. The molecule has 2 atom stereocenters. The second-order valence-electron chi connectivity index (χ2n) is 14.4. The Bertz CT molecular complexity index is 2160. The van der Waals surface area contributed by atoms with Crippen molar-refractivity contribution in [1.82, 2.24) is 19.3 Å². The van der Waals surface area contributed by atoms with Gasteiger partial charge in [0.05, 0.1) is 22.4 Å². The number of hydrogen-bond donors (Lipinski definition) is 0. The Kier molecular flexibility index (Phi) is 9.19. The lowest BCUT2D eigenvalue weighted by molar-refractivity contribution is 0.446. The van der Waals surface area contributed by atoms with Crippen LogP contribution in [-0.4, -0.2) is 19.3 Å². The first kappa shape index (κ1) is 32.9. The molecule has 3 aromatic carbocycles. The highest BCUT2D eigenvalue weighted by Gasteiger charge is 2.31. The molecule has 0 saturated heterocycles. The van der Waals surface area contributed by atoms with Gasteiger partial charge in [0.25, 0.3) is 0 Å². The van der Waals surface area contributed by atoms with Gasteiger partial charge in [-0.05, 0) is 111 Å². The summed E-state index contributed by atoms with van der Waals surface area (Å²) in [5.41, 5.74) is 11.2. The summed E-state index contributed by atoms with van der Waals surface area (Å²) < 4.78 is 11.3. The van der Waals surface area contributed by atoms with E-state index < -0.39 is 0 Å². The number of aromatic nitrogens is 4. The van der Waals surface area contributed by atoms with Crippen LogP contribution < -0.4 is 4.74 Å².